The summed E-state index contributed by atoms with van der Waals surface area (Å²) in [5, 5.41) is 11.1. The predicted octanol–water partition coefficient (Wildman–Crippen LogP) is 4.42. The molecule has 0 heterocycles. The van der Waals surface area contributed by atoms with Crippen LogP contribution in [0.25, 0.3) is 0 Å². The van der Waals surface area contributed by atoms with Crippen LogP contribution in [0.4, 0.5) is 5.69 Å². The average molecular weight is 320 g/mol. The minimum atomic E-state index is -0.630. The van der Waals surface area contributed by atoms with Crippen molar-refractivity contribution in [2.75, 3.05) is 0 Å². The van der Waals surface area contributed by atoms with Crippen molar-refractivity contribution in [2.24, 2.45) is 0 Å². The Morgan fingerprint density at radius 1 is 1.23 bits per heavy atom. The molecular formula is C16H14ClNO4. The zero-order valence-corrected chi connectivity index (χ0v) is 12.7. The molecule has 0 amide bonds. The van der Waals surface area contributed by atoms with Crippen LogP contribution in [0.3, 0.4) is 0 Å². The third-order valence-corrected chi connectivity index (χ3v) is 3.50. The lowest BCUT2D eigenvalue weighted by atomic mass is 10.1. The lowest BCUT2D eigenvalue weighted by Crippen LogP contribution is -2.04. The van der Waals surface area contributed by atoms with Crippen molar-refractivity contribution >= 4 is 23.1 Å². The molecule has 0 aliphatic rings. The van der Waals surface area contributed by atoms with Gasteiger partial charge < -0.3 is 4.74 Å². The third kappa shape index (κ3) is 3.43. The molecule has 2 rings (SSSR count). The Hall–Kier alpha value is -2.40. The molecule has 2 aromatic rings. The summed E-state index contributed by atoms with van der Waals surface area (Å²) in [6.45, 7) is 1.85. The fraction of sp³-hybridized carbons (Fsp3) is 0.188. The first-order chi connectivity index (χ1) is 10.5. The maximum atomic E-state index is 11.8. The topological polar surface area (TPSA) is 69.4 Å². The van der Waals surface area contributed by atoms with Gasteiger partial charge in [-0.05, 0) is 17.7 Å². The molecule has 0 saturated carbocycles. The molecule has 0 fully saturated rings. The molecule has 0 unspecified atom stereocenters. The van der Waals surface area contributed by atoms with E-state index in [2.05, 4.69) is 0 Å². The highest BCUT2D eigenvalue weighted by Gasteiger charge is 2.25. The van der Waals surface area contributed by atoms with E-state index in [1.807, 2.05) is 30.3 Å². The van der Waals surface area contributed by atoms with Crippen LogP contribution in [0.15, 0.2) is 42.5 Å². The normalized spacial score (nSPS) is 10.3. The second-order valence-corrected chi connectivity index (χ2v) is 4.96. The van der Waals surface area contributed by atoms with E-state index in [9.17, 15) is 14.9 Å². The number of rotatable bonds is 6. The van der Waals surface area contributed by atoms with Crippen LogP contribution in [0.5, 0.6) is 5.75 Å². The third-order valence-electron chi connectivity index (χ3n) is 3.12. The van der Waals surface area contributed by atoms with E-state index in [1.165, 1.54) is 12.1 Å². The summed E-state index contributed by atoms with van der Waals surface area (Å²) in [5.74, 6) is -0.200. The average Bonchev–Trinajstić information content (AvgIpc) is 2.52. The number of hydrogen-bond acceptors (Lipinski definition) is 4. The van der Waals surface area contributed by atoms with Crippen molar-refractivity contribution in [2.45, 2.75) is 20.0 Å². The van der Waals surface area contributed by atoms with Gasteiger partial charge in [-0.2, -0.15) is 0 Å². The molecule has 0 N–H and O–H groups in total. The molecule has 0 saturated heterocycles. The Morgan fingerprint density at radius 2 is 1.91 bits per heavy atom. The maximum absolute atomic E-state index is 11.8. The molecule has 114 valence electrons. The van der Waals surface area contributed by atoms with Gasteiger partial charge in [-0.15, -0.1) is 0 Å². The highest BCUT2D eigenvalue weighted by molar-refractivity contribution is 6.36. The molecule has 0 atom stereocenters. The zero-order valence-electron chi connectivity index (χ0n) is 11.9. The molecule has 0 bridgehead atoms. The number of hydrogen-bond donors (Lipinski definition) is 0. The van der Waals surface area contributed by atoms with E-state index in [-0.39, 0.29) is 40.8 Å². The standard InChI is InChI=1S/C16H14ClNO4/c1-2-13(19)12-8-9-14(16(15(12)17)18(20)21)22-10-11-6-4-3-5-7-11/h3-9H,2,10H2,1H3. The smallest absolute Gasteiger partial charge is 0.330 e. The van der Waals surface area contributed by atoms with Gasteiger partial charge in [0.1, 0.15) is 11.6 Å². The Morgan fingerprint density at radius 3 is 2.50 bits per heavy atom. The van der Waals surface area contributed by atoms with Crippen molar-refractivity contribution < 1.29 is 14.5 Å². The molecule has 5 nitrogen and oxygen atoms in total. The van der Waals surface area contributed by atoms with Gasteiger partial charge in [0, 0.05) is 12.0 Å². The van der Waals surface area contributed by atoms with E-state index in [0.717, 1.165) is 5.56 Å². The number of Topliss-reactive ketones (excluding diaryl/α,β-unsaturated/α-hetero) is 1. The van der Waals surface area contributed by atoms with Crippen LogP contribution in [0.2, 0.25) is 5.02 Å². The van der Waals surface area contributed by atoms with Gasteiger partial charge in [0.2, 0.25) is 0 Å². The van der Waals surface area contributed by atoms with Crippen molar-refractivity contribution in [1.29, 1.82) is 0 Å². The van der Waals surface area contributed by atoms with Gasteiger partial charge >= 0.3 is 5.69 Å². The summed E-state index contributed by atoms with van der Waals surface area (Å²) in [5.41, 5.74) is 0.640. The van der Waals surface area contributed by atoms with Gasteiger partial charge in [0.25, 0.3) is 0 Å². The molecule has 0 radical (unpaired) electrons. The Kier molecular flexibility index (Phi) is 5.12. The summed E-state index contributed by atoms with van der Waals surface area (Å²) in [6, 6.07) is 12.1. The largest absolute Gasteiger partial charge is 0.482 e. The summed E-state index contributed by atoms with van der Waals surface area (Å²) in [7, 11) is 0. The van der Waals surface area contributed by atoms with Crippen LogP contribution in [-0.2, 0) is 6.61 Å². The fourth-order valence-electron chi connectivity index (χ4n) is 1.97. The number of benzene rings is 2. The molecule has 0 aliphatic carbocycles. The summed E-state index contributed by atoms with van der Waals surface area (Å²) in [4.78, 5) is 22.4. The fourth-order valence-corrected chi connectivity index (χ4v) is 2.31. The second-order valence-electron chi connectivity index (χ2n) is 4.58. The van der Waals surface area contributed by atoms with Crippen molar-refractivity contribution in [3.63, 3.8) is 0 Å². The lowest BCUT2D eigenvalue weighted by Gasteiger charge is -2.10. The van der Waals surface area contributed by atoms with Gasteiger partial charge in [-0.3, -0.25) is 14.9 Å². The van der Waals surface area contributed by atoms with E-state index in [4.69, 9.17) is 16.3 Å². The Balaban J connectivity index is 2.33. The number of nitrogens with zero attached hydrogens (tertiary/aromatic N) is 1. The van der Waals surface area contributed by atoms with Crippen molar-refractivity contribution in [1.82, 2.24) is 0 Å². The quantitative estimate of drug-likeness (QED) is 0.449. The van der Waals surface area contributed by atoms with E-state index >= 15 is 0 Å². The minimum Gasteiger partial charge on any atom is -0.482 e. The number of nitro benzene ring substituents is 1. The van der Waals surface area contributed by atoms with Gasteiger partial charge in [-0.25, -0.2) is 0 Å². The first-order valence-corrected chi connectivity index (χ1v) is 7.09. The summed E-state index contributed by atoms with van der Waals surface area (Å²) < 4.78 is 5.50. The first-order valence-electron chi connectivity index (χ1n) is 6.71. The zero-order chi connectivity index (χ0) is 16.1. The molecule has 6 heteroatoms. The molecule has 2 aromatic carbocycles. The lowest BCUT2D eigenvalue weighted by molar-refractivity contribution is -0.385. The molecule has 22 heavy (non-hydrogen) atoms. The highest BCUT2D eigenvalue weighted by Crippen LogP contribution is 2.38. The van der Waals surface area contributed by atoms with Crippen LogP contribution < -0.4 is 4.74 Å². The predicted molar refractivity (Wildman–Crippen MR) is 83.5 cm³/mol. The van der Waals surface area contributed by atoms with E-state index in [0.29, 0.717) is 0 Å². The number of ether oxygens (including phenoxy) is 1. The first kappa shape index (κ1) is 16.0. The van der Waals surface area contributed by atoms with Gasteiger partial charge in [-0.1, -0.05) is 48.9 Å². The molecular weight excluding hydrogens is 306 g/mol. The van der Waals surface area contributed by atoms with E-state index in [1.54, 1.807) is 6.92 Å². The highest BCUT2D eigenvalue weighted by atomic mass is 35.5. The summed E-state index contributed by atoms with van der Waals surface area (Å²) >= 11 is 6.02. The monoisotopic (exact) mass is 319 g/mol. The number of ketones is 1. The van der Waals surface area contributed by atoms with Crippen molar-refractivity contribution in [3.05, 3.63) is 68.7 Å². The van der Waals surface area contributed by atoms with Crippen LogP contribution >= 0.6 is 11.6 Å². The Bertz CT molecular complexity index is 701. The van der Waals surface area contributed by atoms with E-state index < -0.39 is 4.92 Å². The SMILES string of the molecule is CCC(=O)c1ccc(OCc2ccccc2)c([N+](=O)[O-])c1Cl. The molecule has 0 aliphatic heterocycles. The van der Waals surface area contributed by atoms with Crippen molar-refractivity contribution in [3.8, 4) is 5.75 Å². The van der Waals surface area contributed by atoms with Crippen LogP contribution in [0.1, 0.15) is 29.3 Å². The number of carbonyl (C=O) groups excluding carboxylic acids is 1. The number of carbonyl (C=O) groups is 1. The second kappa shape index (κ2) is 7.04. The maximum Gasteiger partial charge on any atom is 0.330 e. The Labute approximate surface area is 132 Å². The summed E-state index contributed by atoms with van der Waals surface area (Å²) in [6.07, 6.45) is 0.223. The number of nitro groups is 1. The molecule has 0 spiro atoms. The molecule has 0 aromatic heterocycles. The number of halogens is 1. The van der Waals surface area contributed by atoms with Crippen LogP contribution in [-0.4, -0.2) is 10.7 Å². The van der Waals surface area contributed by atoms with Gasteiger partial charge in [0.15, 0.2) is 11.5 Å². The van der Waals surface area contributed by atoms with Crippen LogP contribution in [0, 0.1) is 10.1 Å². The van der Waals surface area contributed by atoms with Gasteiger partial charge in [0.05, 0.1) is 4.92 Å². The minimum absolute atomic E-state index is 0.0477.